The van der Waals surface area contributed by atoms with Crippen molar-refractivity contribution in [3.63, 3.8) is 0 Å². The van der Waals surface area contributed by atoms with Crippen molar-refractivity contribution < 1.29 is 27.4 Å². The minimum absolute atomic E-state index is 0.0821. The minimum Gasteiger partial charge on any atom is -0.406 e. The fraction of sp³-hybridized carbons (Fsp3) is 0.318. The van der Waals surface area contributed by atoms with Crippen molar-refractivity contribution in [2.24, 2.45) is 0 Å². The van der Waals surface area contributed by atoms with Crippen molar-refractivity contribution in [1.29, 1.82) is 0 Å². The van der Waals surface area contributed by atoms with Gasteiger partial charge in [-0.3, -0.25) is 9.69 Å². The molecule has 1 aliphatic rings. The second-order valence-corrected chi connectivity index (χ2v) is 8.22. The van der Waals surface area contributed by atoms with E-state index in [0.29, 0.717) is 36.3 Å². The Morgan fingerprint density at radius 2 is 1.82 bits per heavy atom. The summed E-state index contributed by atoms with van der Waals surface area (Å²) < 4.78 is 46.0. The Balaban J connectivity index is 1.41. The number of benzene rings is 2. The average Bonchev–Trinajstić information content (AvgIpc) is 2.78. The maximum atomic E-state index is 12.4. The van der Waals surface area contributed by atoms with E-state index >= 15 is 0 Å². The zero-order chi connectivity index (χ0) is 23.3. The van der Waals surface area contributed by atoms with Crippen molar-refractivity contribution in [3.8, 4) is 5.75 Å². The van der Waals surface area contributed by atoms with Crippen LogP contribution in [0.3, 0.4) is 0 Å². The summed E-state index contributed by atoms with van der Waals surface area (Å²) in [6.07, 6.45) is -4.76. The fourth-order valence-corrected chi connectivity index (χ4v) is 4.14. The Kier molecular flexibility index (Phi) is 7.31. The van der Waals surface area contributed by atoms with E-state index in [-0.39, 0.29) is 17.4 Å². The molecule has 3 aromatic rings. The minimum atomic E-state index is -4.76. The van der Waals surface area contributed by atoms with Gasteiger partial charge in [-0.15, -0.1) is 13.2 Å². The summed E-state index contributed by atoms with van der Waals surface area (Å²) in [6.45, 7) is 3.58. The number of anilines is 1. The molecule has 2 aromatic carbocycles. The number of carbonyl (C=O) groups is 1. The number of morpholine rings is 1. The summed E-state index contributed by atoms with van der Waals surface area (Å²) in [5.41, 5.74) is 1.18. The number of fused-ring (bicyclic) bond motifs is 1. The van der Waals surface area contributed by atoms with Gasteiger partial charge in [0.1, 0.15) is 16.6 Å². The second kappa shape index (κ2) is 10.4. The van der Waals surface area contributed by atoms with Gasteiger partial charge in [0.05, 0.1) is 31.0 Å². The number of hydrogen-bond donors (Lipinski definition) is 1. The highest BCUT2D eigenvalue weighted by Gasteiger charge is 2.31. The fourth-order valence-electron chi connectivity index (χ4n) is 3.30. The molecule has 2 heterocycles. The lowest BCUT2D eigenvalue weighted by atomic mass is 10.2. The molecule has 0 atom stereocenters. The lowest BCUT2D eigenvalue weighted by molar-refractivity contribution is -0.274. The molecule has 11 heteroatoms. The predicted molar refractivity (Wildman–Crippen MR) is 118 cm³/mol. The van der Waals surface area contributed by atoms with E-state index < -0.39 is 6.36 Å². The molecule has 4 rings (SSSR count). The number of nitrogens with one attached hydrogen (secondary N) is 1. The van der Waals surface area contributed by atoms with Crippen LogP contribution >= 0.6 is 11.8 Å². The molecule has 0 unspecified atom stereocenters. The van der Waals surface area contributed by atoms with Crippen molar-refractivity contribution in [2.75, 3.05) is 37.4 Å². The normalized spacial score (nSPS) is 14.9. The molecule has 174 valence electrons. The van der Waals surface area contributed by atoms with Crippen molar-refractivity contribution in [1.82, 2.24) is 14.9 Å². The summed E-state index contributed by atoms with van der Waals surface area (Å²) in [7, 11) is 0. The van der Waals surface area contributed by atoms with Crippen LogP contribution < -0.4 is 10.1 Å². The van der Waals surface area contributed by atoms with E-state index in [0.717, 1.165) is 36.1 Å². The Hall–Kier alpha value is -2.89. The van der Waals surface area contributed by atoms with Gasteiger partial charge in [0.25, 0.3) is 0 Å². The van der Waals surface area contributed by atoms with E-state index in [9.17, 15) is 18.0 Å². The average molecular weight is 478 g/mol. The maximum absolute atomic E-state index is 12.4. The number of para-hydroxylation sites is 1. The molecule has 1 N–H and O–H groups in total. The first-order valence-electron chi connectivity index (χ1n) is 10.2. The highest BCUT2D eigenvalue weighted by atomic mass is 32.2. The summed E-state index contributed by atoms with van der Waals surface area (Å²) in [5, 5.41) is 4.23. The van der Waals surface area contributed by atoms with Crippen LogP contribution in [0.4, 0.5) is 18.9 Å². The van der Waals surface area contributed by atoms with E-state index in [2.05, 4.69) is 24.9 Å². The molecule has 0 aliphatic carbocycles. The largest absolute Gasteiger partial charge is 0.573 e. The van der Waals surface area contributed by atoms with Gasteiger partial charge in [0.15, 0.2) is 0 Å². The predicted octanol–water partition coefficient (Wildman–Crippen LogP) is 4.09. The molecule has 0 bridgehead atoms. The van der Waals surface area contributed by atoms with E-state index in [1.165, 1.54) is 23.9 Å². The maximum Gasteiger partial charge on any atom is 0.573 e. The monoisotopic (exact) mass is 478 g/mol. The van der Waals surface area contributed by atoms with E-state index in [1.54, 1.807) is 0 Å². The molecule has 1 aliphatic heterocycles. The summed E-state index contributed by atoms with van der Waals surface area (Å²) in [4.78, 5) is 24.0. The van der Waals surface area contributed by atoms with Crippen LogP contribution in [0.1, 0.15) is 5.82 Å². The summed E-state index contributed by atoms with van der Waals surface area (Å²) >= 11 is 1.28. The first-order valence-corrected chi connectivity index (χ1v) is 11.2. The topological polar surface area (TPSA) is 76.6 Å². The molecule has 0 saturated carbocycles. The van der Waals surface area contributed by atoms with E-state index in [1.807, 2.05) is 24.3 Å². The summed E-state index contributed by atoms with van der Waals surface area (Å²) in [6, 6.07) is 12.6. The Bertz CT molecular complexity index is 1110. The van der Waals surface area contributed by atoms with Crippen molar-refractivity contribution in [3.05, 3.63) is 54.4 Å². The molecule has 1 fully saturated rings. The number of thioether (sulfide) groups is 1. The van der Waals surface area contributed by atoms with Gasteiger partial charge in [-0.2, -0.15) is 0 Å². The second-order valence-electron chi connectivity index (χ2n) is 7.26. The number of halogens is 3. The molecule has 7 nitrogen and oxygen atoms in total. The van der Waals surface area contributed by atoms with Gasteiger partial charge in [0, 0.05) is 24.2 Å². The molecule has 1 amide bonds. The van der Waals surface area contributed by atoms with Gasteiger partial charge >= 0.3 is 6.36 Å². The molecular weight excluding hydrogens is 457 g/mol. The van der Waals surface area contributed by atoms with Crippen molar-refractivity contribution >= 4 is 34.3 Å². The van der Waals surface area contributed by atoms with Gasteiger partial charge in [-0.25, -0.2) is 9.97 Å². The number of aromatic nitrogens is 2. The molecular formula is C22H21F3N4O3S. The van der Waals surface area contributed by atoms with Crippen LogP contribution in [-0.4, -0.2) is 59.2 Å². The Labute approximate surface area is 192 Å². The zero-order valence-corrected chi connectivity index (χ0v) is 18.3. The van der Waals surface area contributed by atoms with Gasteiger partial charge in [-0.05, 0) is 30.3 Å². The lowest BCUT2D eigenvalue weighted by Gasteiger charge is -2.25. The van der Waals surface area contributed by atoms with Crippen LogP contribution in [-0.2, 0) is 16.1 Å². The third kappa shape index (κ3) is 6.80. The number of ether oxygens (including phenoxy) is 2. The van der Waals surface area contributed by atoms with Crippen LogP contribution in [0.2, 0.25) is 0 Å². The zero-order valence-electron chi connectivity index (χ0n) is 17.5. The summed E-state index contributed by atoms with van der Waals surface area (Å²) in [5.74, 6) is 0.106. The number of carbonyl (C=O) groups excluding carboxylic acids is 1. The van der Waals surface area contributed by atoms with Crippen LogP contribution in [0.15, 0.2) is 53.6 Å². The van der Waals surface area contributed by atoms with Crippen molar-refractivity contribution in [2.45, 2.75) is 17.9 Å². The number of nitrogens with zero attached hydrogens (tertiary/aromatic N) is 3. The number of alkyl halides is 3. The van der Waals surface area contributed by atoms with E-state index in [4.69, 9.17) is 4.74 Å². The van der Waals surface area contributed by atoms with Gasteiger partial charge in [-0.1, -0.05) is 30.0 Å². The highest BCUT2D eigenvalue weighted by Crippen LogP contribution is 2.27. The van der Waals surface area contributed by atoms with Gasteiger partial charge in [0.2, 0.25) is 5.91 Å². The van der Waals surface area contributed by atoms with Crippen LogP contribution in [0, 0.1) is 0 Å². The lowest BCUT2D eigenvalue weighted by Crippen LogP contribution is -2.36. The van der Waals surface area contributed by atoms with Gasteiger partial charge < -0.3 is 14.8 Å². The third-order valence-corrected chi connectivity index (χ3v) is 5.79. The molecule has 0 radical (unpaired) electrons. The molecule has 0 spiro atoms. The smallest absolute Gasteiger partial charge is 0.406 e. The first kappa shape index (κ1) is 23.3. The highest BCUT2D eigenvalue weighted by molar-refractivity contribution is 8.00. The number of rotatable bonds is 7. The third-order valence-electron chi connectivity index (χ3n) is 4.79. The quantitative estimate of drug-likeness (QED) is 0.405. The Morgan fingerprint density at radius 1 is 1.09 bits per heavy atom. The molecule has 1 saturated heterocycles. The van der Waals surface area contributed by atoms with Crippen LogP contribution in [0.5, 0.6) is 5.75 Å². The SMILES string of the molecule is O=C(CSc1nc(CN2CCOCC2)nc2ccccc12)Nc1ccc(OC(F)(F)F)cc1. The number of hydrogen-bond acceptors (Lipinski definition) is 7. The number of amides is 1. The molecule has 1 aromatic heterocycles. The molecule has 33 heavy (non-hydrogen) atoms. The van der Waals surface area contributed by atoms with Crippen LogP contribution in [0.25, 0.3) is 10.9 Å². The first-order chi connectivity index (χ1) is 15.9. The standard InChI is InChI=1S/C22H21F3N4O3S/c23-22(24,25)32-16-7-5-15(6-8-16)26-20(30)14-33-21-17-3-1-2-4-18(17)27-19(28-21)13-29-9-11-31-12-10-29/h1-8H,9-14H2,(H,26,30). The Morgan fingerprint density at radius 3 is 2.55 bits per heavy atom.